The highest BCUT2D eigenvalue weighted by atomic mass is 32.1. The van der Waals surface area contributed by atoms with E-state index in [4.69, 9.17) is 4.42 Å². The lowest BCUT2D eigenvalue weighted by Crippen LogP contribution is -2.12. The van der Waals surface area contributed by atoms with Crippen molar-refractivity contribution in [1.29, 1.82) is 0 Å². The smallest absolute Gasteiger partial charge is 0.164 e. The molecule has 0 fully saturated rings. The summed E-state index contributed by atoms with van der Waals surface area (Å²) in [7, 11) is 0. The number of hydrogen-bond acceptors (Lipinski definition) is 4. The summed E-state index contributed by atoms with van der Waals surface area (Å²) in [5.74, 6) is 0.855. The highest BCUT2D eigenvalue weighted by molar-refractivity contribution is 7.14. The maximum atomic E-state index is 5.82. The van der Waals surface area contributed by atoms with Gasteiger partial charge in [0.25, 0.3) is 0 Å². The summed E-state index contributed by atoms with van der Waals surface area (Å²) in [6, 6.07) is 10.1. The van der Waals surface area contributed by atoms with E-state index in [1.807, 2.05) is 24.4 Å². The average Bonchev–Trinajstić information content (AvgIpc) is 3.04. The lowest BCUT2D eigenvalue weighted by molar-refractivity contribution is 0.631. The fourth-order valence-electron chi connectivity index (χ4n) is 1.98. The van der Waals surface area contributed by atoms with Gasteiger partial charge in [0.15, 0.2) is 10.8 Å². The van der Waals surface area contributed by atoms with Crippen molar-refractivity contribution in [2.75, 3.05) is 6.54 Å². The molecule has 0 radical (unpaired) electrons. The van der Waals surface area contributed by atoms with Crippen molar-refractivity contribution in [3.05, 3.63) is 41.4 Å². The van der Waals surface area contributed by atoms with Gasteiger partial charge in [-0.2, -0.15) is 0 Å². The third kappa shape index (κ3) is 2.69. The molecule has 98 valence electrons. The van der Waals surface area contributed by atoms with Crippen LogP contribution in [-0.2, 0) is 6.54 Å². The number of para-hydroxylation sites is 1. The quantitative estimate of drug-likeness (QED) is 0.712. The van der Waals surface area contributed by atoms with Crippen LogP contribution in [0.15, 0.2) is 40.9 Å². The summed E-state index contributed by atoms with van der Waals surface area (Å²) in [5.41, 5.74) is 0.915. The Morgan fingerprint density at radius 1 is 1.32 bits per heavy atom. The maximum absolute atomic E-state index is 5.82. The highest BCUT2D eigenvalue weighted by Gasteiger charge is 2.09. The standard InChI is InChI=1S/C15H16N2OS/c1-2-7-16-9-12-10-17-15(19-12)14-8-11-5-3-4-6-13(11)18-14/h3-6,8,10,16H,2,7,9H2,1H3. The van der Waals surface area contributed by atoms with Crippen LogP contribution in [0.2, 0.25) is 0 Å². The Bertz CT molecular complexity index is 638. The summed E-state index contributed by atoms with van der Waals surface area (Å²) in [5, 5.41) is 5.45. The SMILES string of the molecule is CCCNCc1cnc(-c2cc3ccccc3o2)s1. The van der Waals surface area contributed by atoms with Gasteiger partial charge in [0.05, 0.1) is 0 Å². The molecule has 0 spiro atoms. The zero-order chi connectivity index (χ0) is 13.1. The Morgan fingerprint density at radius 2 is 2.21 bits per heavy atom. The molecule has 2 aromatic heterocycles. The third-order valence-corrected chi connectivity index (χ3v) is 3.93. The van der Waals surface area contributed by atoms with Gasteiger partial charge >= 0.3 is 0 Å². The lowest BCUT2D eigenvalue weighted by atomic mass is 10.2. The second-order valence-corrected chi connectivity index (χ2v) is 5.57. The minimum atomic E-state index is 0.855. The van der Waals surface area contributed by atoms with E-state index in [9.17, 15) is 0 Å². The Balaban J connectivity index is 1.81. The first-order valence-corrected chi connectivity index (χ1v) is 7.33. The maximum Gasteiger partial charge on any atom is 0.164 e. The van der Waals surface area contributed by atoms with E-state index in [2.05, 4.69) is 29.4 Å². The predicted octanol–water partition coefficient (Wildman–Crippen LogP) is 4.06. The number of hydrogen-bond donors (Lipinski definition) is 1. The molecule has 0 aliphatic carbocycles. The number of rotatable bonds is 5. The summed E-state index contributed by atoms with van der Waals surface area (Å²) < 4.78 is 5.82. The molecule has 4 heteroatoms. The highest BCUT2D eigenvalue weighted by Crippen LogP contribution is 2.30. The molecule has 19 heavy (non-hydrogen) atoms. The molecule has 0 unspecified atom stereocenters. The van der Waals surface area contributed by atoms with Crippen molar-refractivity contribution in [1.82, 2.24) is 10.3 Å². The van der Waals surface area contributed by atoms with E-state index < -0.39 is 0 Å². The number of thiazole rings is 1. The Labute approximate surface area is 116 Å². The van der Waals surface area contributed by atoms with Crippen LogP contribution >= 0.6 is 11.3 Å². The second kappa shape index (κ2) is 5.55. The molecule has 0 saturated heterocycles. The first-order valence-electron chi connectivity index (χ1n) is 6.51. The molecule has 3 aromatic rings. The number of benzene rings is 1. The van der Waals surface area contributed by atoms with Gasteiger partial charge in [-0.1, -0.05) is 25.1 Å². The van der Waals surface area contributed by atoms with Crippen LogP contribution in [0.1, 0.15) is 18.2 Å². The summed E-state index contributed by atoms with van der Waals surface area (Å²) >= 11 is 1.68. The first-order chi connectivity index (χ1) is 9.36. The molecule has 3 rings (SSSR count). The lowest BCUT2D eigenvalue weighted by Gasteiger charge is -1.97. The van der Waals surface area contributed by atoms with Gasteiger partial charge in [-0.3, -0.25) is 0 Å². The van der Waals surface area contributed by atoms with Crippen LogP contribution in [0.4, 0.5) is 0 Å². The van der Waals surface area contributed by atoms with Gasteiger partial charge in [-0.15, -0.1) is 11.3 Å². The molecular weight excluding hydrogens is 256 g/mol. The van der Waals surface area contributed by atoms with E-state index in [0.29, 0.717) is 0 Å². The van der Waals surface area contributed by atoms with Crippen LogP contribution in [0.25, 0.3) is 21.7 Å². The van der Waals surface area contributed by atoms with Crippen molar-refractivity contribution in [2.45, 2.75) is 19.9 Å². The molecule has 0 bridgehead atoms. The normalized spacial score (nSPS) is 11.2. The Kier molecular flexibility index (Phi) is 3.62. The van der Waals surface area contributed by atoms with Crippen LogP contribution in [0.5, 0.6) is 0 Å². The Morgan fingerprint density at radius 3 is 3.05 bits per heavy atom. The van der Waals surface area contributed by atoms with E-state index in [1.165, 1.54) is 4.88 Å². The minimum absolute atomic E-state index is 0.855. The molecule has 0 aliphatic rings. The molecule has 0 amide bonds. The number of nitrogens with zero attached hydrogens (tertiary/aromatic N) is 1. The topological polar surface area (TPSA) is 38.1 Å². The van der Waals surface area contributed by atoms with Crippen LogP contribution < -0.4 is 5.32 Å². The van der Waals surface area contributed by atoms with E-state index in [0.717, 1.165) is 41.2 Å². The molecular formula is C15H16N2OS. The molecule has 3 nitrogen and oxygen atoms in total. The van der Waals surface area contributed by atoms with Gasteiger partial charge in [0, 0.05) is 23.0 Å². The summed E-state index contributed by atoms with van der Waals surface area (Å²) in [6.45, 7) is 4.09. The van der Waals surface area contributed by atoms with Crippen molar-refractivity contribution in [3.63, 3.8) is 0 Å². The largest absolute Gasteiger partial charge is 0.454 e. The van der Waals surface area contributed by atoms with Crippen LogP contribution in [-0.4, -0.2) is 11.5 Å². The zero-order valence-electron chi connectivity index (χ0n) is 10.8. The van der Waals surface area contributed by atoms with Crippen LogP contribution in [0, 0.1) is 0 Å². The van der Waals surface area contributed by atoms with Crippen molar-refractivity contribution < 1.29 is 4.42 Å². The number of aromatic nitrogens is 1. The van der Waals surface area contributed by atoms with E-state index in [-0.39, 0.29) is 0 Å². The van der Waals surface area contributed by atoms with Gasteiger partial charge in [0.1, 0.15) is 5.58 Å². The minimum Gasteiger partial charge on any atom is -0.454 e. The van der Waals surface area contributed by atoms with Gasteiger partial charge in [-0.05, 0) is 25.1 Å². The molecule has 2 heterocycles. The third-order valence-electron chi connectivity index (χ3n) is 2.92. The fourth-order valence-corrected chi connectivity index (χ4v) is 2.81. The molecule has 0 aliphatic heterocycles. The summed E-state index contributed by atoms with van der Waals surface area (Å²) in [4.78, 5) is 5.68. The number of nitrogens with one attached hydrogen (secondary N) is 1. The molecule has 1 N–H and O–H groups in total. The van der Waals surface area contributed by atoms with Gasteiger partial charge in [0.2, 0.25) is 0 Å². The number of fused-ring (bicyclic) bond motifs is 1. The fraction of sp³-hybridized carbons (Fsp3) is 0.267. The van der Waals surface area contributed by atoms with Crippen molar-refractivity contribution in [3.8, 4) is 10.8 Å². The van der Waals surface area contributed by atoms with E-state index >= 15 is 0 Å². The van der Waals surface area contributed by atoms with E-state index in [1.54, 1.807) is 11.3 Å². The van der Waals surface area contributed by atoms with Crippen LogP contribution in [0.3, 0.4) is 0 Å². The molecule has 0 saturated carbocycles. The zero-order valence-corrected chi connectivity index (χ0v) is 11.7. The van der Waals surface area contributed by atoms with Gasteiger partial charge < -0.3 is 9.73 Å². The summed E-state index contributed by atoms with van der Waals surface area (Å²) in [6.07, 6.45) is 3.07. The van der Waals surface area contributed by atoms with Crippen molar-refractivity contribution >= 4 is 22.3 Å². The van der Waals surface area contributed by atoms with Gasteiger partial charge in [-0.25, -0.2) is 4.98 Å². The monoisotopic (exact) mass is 272 g/mol. The van der Waals surface area contributed by atoms with Crippen molar-refractivity contribution in [2.24, 2.45) is 0 Å². The Hall–Kier alpha value is -1.65. The average molecular weight is 272 g/mol. The first kappa shape index (κ1) is 12.4. The molecule has 0 atom stereocenters. The second-order valence-electron chi connectivity index (χ2n) is 4.46. The molecule has 1 aromatic carbocycles. The predicted molar refractivity (Wildman–Crippen MR) is 79.3 cm³/mol. The number of furan rings is 1.